The van der Waals surface area contributed by atoms with E-state index < -0.39 is 0 Å². The number of aromatic nitrogens is 1. The highest BCUT2D eigenvalue weighted by Gasteiger charge is 2.14. The van der Waals surface area contributed by atoms with Crippen LogP contribution in [0.15, 0.2) is 18.3 Å². The van der Waals surface area contributed by atoms with E-state index in [4.69, 9.17) is 4.74 Å². The summed E-state index contributed by atoms with van der Waals surface area (Å²) < 4.78 is 5.32. The summed E-state index contributed by atoms with van der Waals surface area (Å²) in [6.07, 6.45) is 5.66. The van der Waals surface area contributed by atoms with Crippen LogP contribution in [-0.2, 0) is 16.0 Å². The van der Waals surface area contributed by atoms with E-state index in [-0.39, 0.29) is 5.91 Å². The van der Waals surface area contributed by atoms with Crippen molar-refractivity contribution < 1.29 is 9.53 Å². The second-order valence-corrected chi connectivity index (χ2v) is 6.52. The molecule has 0 bridgehead atoms. The number of nitrogens with zero attached hydrogens (tertiary/aromatic N) is 3. The number of hydrogen-bond donors (Lipinski definition) is 1. The van der Waals surface area contributed by atoms with Gasteiger partial charge in [-0.2, -0.15) is 0 Å². The van der Waals surface area contributed by atoms with Gasteiger partial charge >= 0.3 is 0 Å². The molecule has 2 aliphatic heterocycles. The molecule has 2 saturated heterocycles. The third-order valence-corrected chi connectivity index (χ3v) is 4.73. The van der Waals surface area contributed by atoms with Crippen molar-refractivity contribution in [1.29, 1.82) is 0 Å². The van der Waals surface area contributed by atoms with Gasteiger partial charge in [0.2, 0.25) is 5.91 Å². The van der Waals surface area contributed by atoms with Gasteiger partial charge in [0.05, 0.1) is 13.2 Å². The maximum atomic E-state index is 12.0. The number of rotatable bonds is 7. The third-order valence-electron chi connectivity index (χ3n) is 4.73. The molecule has 0 radical (unpaired) electrons. The molecule has 2 fully saturated rings. The molecule has 0 aromatic carbocycles. The first-order valence-electron chi connectivity index (χ1n) is 9.08. The highest BCUT2D eigenvalue weighted by molar-refractivity contribution is 5.76. The lowest BCUT2D eigenvalue weighted by atomic mass is 10.1. The van der Waals surface area contributed by atoms with E-state index >= 15 is 0 Å². The van der Waals surface area contributed by atoms with Crippen molar-refractivity contribution in [2.24, 2.45) is 0 Å². The smallest absolute Gasteiger partial charge is 0.220 e. The fourth-order valence-electron chi connectivity index (χ4n) is 3.26. The molecule has 0 unspecified atom stereocenters. The summed E-state index contributed by atoms with van der Waals surface area (Å²) in [7, 11) is 0. The normalized spacial score (nSPS) is 18.8. The van der Waals surface area contributed by atoms with Gasteiger partial charge in [-0.1, -0.05) is 0 Å². The van der Waals surface area contributed by atoms with Gasteiger partial charge in [0, 0.05) is 51.9 Å². The van der Waals surface area contributed by atoms with Crippen molar-refractivity contribution in [3.63, 3.8) is 0 Å². The van der Waals surface area contributed by atoms with Gasteiger partial charge < -0.3 is 15.0 Å². The van der Waals surface area contributed by atoms with E-state index in [0.29, 0.717) is 13.0 Å². The largest absolute Gasteiger partial charge is 0.379 e. The van der Waals surface area contributed by atoms with Gasteiger partial charge in [-0.3, -0.25) is 9.69 Å². The Hall–Kier alpha value is -1.66. The molecule has 6 heteroatoms. The van der Waals surface area contributed by atoms with Crippen molar-refractivity contribution in [2.75, 3.05) is 57.4 Å². The Morgan fingerprint density at radius 3 is 2.79 bits per heavy atom. The average Bonchev–Trinajstić information content (AvgIpc) is 3.16. The van der Waals surface area contributed by atoms with Crippen LogP contribution in [-0.4, -0.2) is 68.3 Å². The highest BCUT2D eigenvalue weighted by Crippen LogP contribution is 2.19. The Morgan fingerprint density at radius 1 is 1.21 bits per heavy atom. The minimum atomic E-state index is 0.128. The molecule has 1 N–H and O–H groups in total. The van der Waals surface area contributed by atoms with Crippen LogP contribution in [0.3, 0.4) is 0 Å². The lowest BCUT2D eigenvalue weighted by Crippen LogP contribution is -2.41. The molecule has 24 heavy (non-hydrogen) atoms. The van der Waals surface area contributed by atoms with E-state index in [9.17, 15) is 4.79 Å². The Labute approximate surface area is 144 Å². The second-order valence-electron chi connectivity index (χ2n) is 6.52. The van der Waals surface area contributed by atoms with Crippen LogP contribution < -0.4 is 10.2 Å². The van der Waals surface area contributed by atoms with Gasteiger partial charge in [-0.05, 0) is 37.0 Å². The number of carbonyl (C=O) groups is 1. The monoisotopic (exact) mass is 332 g/mol. The van der Waals surface area contributed by atoms with Crippen molar-refractivity contribution in [3.8, 4) is 0 Å². The first-order chi connectivity index (χ1) is 11.8. The van der Waals surface area contributed by atoms with Gasteiger partial charge in [0.1, 0.15) is 5.82 Å². The zero-order valence-corrected chi connectivity index (χ0v) is 14.4. The van der Waals surface area contributed by atoms with Crippen LogP contribution in [0.25, 0.3) is 0 Å². The summed E-state index contributed by atoms with van der Waals surface area (Å²) in [6.45, 7) is 7.34. The molecule has 2 aliphatic rings. The molecule has 132 valence electrons. The van der Waals surface area contributed by atoms with Crippen LogP contribution in [0.5, 0.6) is 0 Å². The molecule has 6 nitrogen and oxygen atoms in total. The van der Waals surface area contributed by atoms with Gasteiger partial charge in [0.15, 0.2) is 0 Å². The van der Waals surface area contributed by atoms with Crippen LogP contribution in [0, 0.1) is 0 Å². The molecule has 0 atom stereocenters. The van der Waals surface area contributed by atoms with E-state index in [1.54, 1.807) is 0 Å². The maximum Gasteiger partial charge on any atom is 0.220 e. The number of amides is 1. The Bertz CT molecular complexity index is 526. The third kappa shape index (κ3) is 5.18. The number of morpholine rings is 1. The summed E-state index contributed by atoms with van der Waals surface area (Å²) >= 11 is 0. The number of anilines is 1. The van der Waals surface area contributed by atoms with E-state index in [1.165, 1.54) is 18.4 Å². The highest BCUT2D eigenvalue weighted by atomic mass is 16.5. The van der Waals surface area contributed by atoms with Crippen molar-refractivity contribution in [3.05, 3.63) is 23.9 Å². The van der Waals surface area contributed by atoms with Crippen LogP contribution >= 0.6 is 0 Å². The molecule has 1 amide bonds. The number of ether oxygens (including phenoxy) is 1. The summed E-state index contributed by atoms with van der Waals surface area (Å²) in [5, 5.41) is 3.02. The molecular weight excluding hydrogens is 304 g/mol. The molecule has 0 spiro atoms. The SMILES string of the molecule is O=C(CCc1ccnc(N2CCCC2)c1)NCCN1CCOCC1. The first-order valence-corrected chi connectivity index (χ1v) is 9.08. The summed E-state index contributed by atoms with van der Waals surface area (Å²) in [5.74, 6) is 1.18. The molecule has 3 heterocycles. The molecular formula is C18H28N4O2. The number of nitrogens with one attached hydrogen (secondary N) is 1. The number of hydrogen-bond acceptors (Lipinski definition) is 5. The van der Waals surface area contributed by atoms with Crippen molar-refractivity contribution in [2.45, 2.75) is 25.7 Å². The molecule has 0 aliphatic carbocycles. The molecule has 3 rings (SSSR count). The topological polar surface area (TPSA) is 57.7 Å². The minimum absolute atomic E-state index is 0.128. The minimum Gasteiger partial charge on any atom is -0.379 e. The Morgan fingerprint density at radius 2 is 2.00 bits per heavy atom. The van der Waals surface area contributed by atoms with E-state index in [0.717, 1.165) is 58.2 Å². The summed E-state index contributed by atoms with van der Waals surface area (Å²) in [6, 6.07) is 4.15. The fourth-order valence-corrected chi connectivity index (χ4v) is 3.26. The predicted molar refractivity (Wildman–Crippen MR) is 94.3 cm³/mol. The van der Waals surface area contributed by atoms with Crippen LogP contribution in [0.1, 0.15) is 24.8 Å². The number of aryl methyl sites for hydroxylation is 1. The fraction of sp³-hybridized carbons (Fsp3) is 0.667. The zero-order valence-electron chi connectivity index (χ0n) is 14.4. The lowest BCUT2D eigenvalue weighted by Gasteiger charge is -2.26. The van der Waals surface area contributed by atoms with Crippen molar-refractivity contribution in [1.82, 2.24) is 15.2 Å². The van der Waals surface area contributed by atoms with Crippen LogP contribution in [0.2, 0.25) is 0 Å². The quantitative estimate of drug-likeness (QED) is 0.809. The maximum absolute atomic E-state index is 12.0. The van der Waals surface area contributed by atoms with Gasteiger partial charge in [-0.25, -0.2) is 4.98 Å². The van der Waals surface area contributed by atoms with E-state index in [2.05, 4.69) is 26.2 Å². The van der Waals surface area contributed by atoms with Crippen LogP contribution in [0.4, 0.5) is 5.82 Å². The summed E-state index contributed by atoms with van der Waals surface area (Å²) in [5.41, 5.74) is 1.19. The molecule has 1 aromatic heterocycles. The first kappa shape index (κ1) is 17.2. The Kier molecular flexibility index (Phi) is 6.43. The molecule has 0 saturated carbocycles. The van der Waals surface area contributed by atoms with E-state index in [1.807, 2.05) is 12.3 Å². The summed E-state index contributed by atoms with van der Waals surface area (Å²) in [4.78, 5) is 21.1. The molecule has 1 aromatic rings. The second kappa shape index (κ2) is 8.99. The average molecular weight is 332 g/mol. The number of carbonyl (C=O) groups excluding carboxylic acids is 1. The Balaban J connectivity index is 1.37. The van der Waals surface area contributed by atoms with Gasteiger partial charge in [-0.15, -0.1) is 0 Å². The van der Waals surface area contributed by atoms with Gasteiger partial charge in [0.25, 0.3) is 0 Å². The number of pyridine rings is 1. The predicted octanol–water partition coefficient (Wildman–Crippen LogP) is 1.06. The van der Waals surface area contributed by atoms with Crippen molar-refractivity contribution >= 4 is 11.7 Å². The lowest BCUT2D eigenvalue weighted by molar-refractivity contribution is -0.121. The standard InChI is InChI=1S/C18H28N4O2/c23-18(20-7-10-21-11-13-24-14-12-21)4-3-16-5-6-19-17(15-16)22-8-1-2-9-22/h5-6,15H,1-4,7-14H2,(H,20,23). The zero-order chi connectivity index (χ0) is 16.6.